The monoisotopic (exact) mass is 270 g/mol. The van der Waals surface area contributed by atoms with Crippen molar-refractivity contribution in [1.29, 1.82) is 0 Å². The van der Waals surface area contributed by atoms with Crippen molar-refractivity contribution in [1.82, 2.24) is 4.90 Å². The molecule has 0 saturated carbocycles. The number of aryl methyl sites for hydroxylation is 1. The van der Waals surface area contributed by atoms with Crippen LogP contribution in [0.4, 0.5) is 0 Å². The van der Waals surface area contributed by atoms with Gasteiger partial charge in [0.25, 0.3) is 0 Å². The molecule has 0 unspecified atom stereocenters. The van der Waals surface area contributed by atoms with Gasteiger partial charge in [-0.2, -0.15) is 0 Å². The fourth-order valence-corrected chi connectivity index (χ4v) is 3.84. The van der Waals surface area contributed by atoms with Crippen LogP contribution in [0.2, 0.25) is 0 Å². The third kappa shape index (κ3) is 2.20. The number of carbonyl (C=O) groups is 1. The van der Waals surface area contributed by atoms with Crippen LogP contribution in [0, 0.1) is 18.3 Å². The van der Waals surface area contributed by atoms with Crippen molar-refractivity contribution >= 4 is 5.78 Å². The van der Waals surface area contributed by atoms with Crippen LogP contribution in [0.3, 0.4) is 0 Å². The fraction of sp³-hybridized carbons (Fsp3) is 0.556. The summed E-state index contributed by atoms with van der Waals surface area (Å²) in [5, 5.41) is 0. The predicted molar refractivity (Wildman–Crippen MR) is 81.9 cm³/mol. The maximum Gasteiger partial charge on any atom is 0.169 e. The molecule has 1 fully saturated rings. The summed E-state index contributed by atoms with van der Waals surface area (Å²) >= 11 is 0. The zero-order valence-electron chi connectivity index (χ0n) is 12.8. The number of hydrogen-bond acceptors (Lipinski definition) is 2. The topological polar surface area (TPSA) is 20.3 Å². The van der Waals surface area contributed by atoms with Crippen molar-refractivity contribution in [2.75, 3.05) is 19.6 Å². The van der Waals surface area contributed by atoms with E-state index in [9.17, 15) is 4.79 Å². The molecular formula is C18H24NO. The van der Waals surface area contributed by atoms with Gasteiger partial charge in [-0.15, -0.1) is 0 Å². The number of carbonyl (C=O) groups excluding carboxylic acids is 1. The van der Waals surface area contributed by atoms with E-state index < -0.39 is 0 Å². The highest BCUT2D eigenvalue weighted by Crippen LogP contribution is 2.45. The number of hydrogen-bond donors (Lipinski definition) is 0. The summed E-state index contributed by atoms with van der Waals surface area (Å²) in [7, 11) is 0. The average molecular weight is 270 g/mol. The van der Waals surface area contributed by atoms with E-state index in [1.807, 2.05) is 12.1 Å². The lowest BCUT2D eigenvalue weighted by molar-refractivity contribution is 0.0642. The summed E-state index contributed by atoms with van der Waals surface area (Å²) in [6, 6.07) is 6.18. The number of likely N-dealkylation sites (tertiary alicyclic amines) is 1. The van der Waals surface area contributed by atoms with Gasteiger partial charge in [-0.05, 0) is 56.3 Å². The van der Waals surface area contributed by atoms with Crippen LogP contribution in [0.25, 0.3) is 0 Å². The van der Waals surface area contributed by atoms with Crippen LogP contribution in [0.5, 0.6) is 0 Å². The van der Waals surface area contributed by atoms with Crippen LogP contribution < -0.4 is 0 Å². The molecule has 1 saturated heterocycles. The molecule has 1 aromatic carbocycles. The van der Waals surface area contributed by atoms with Crippen molar-refractivity contribution in [3.63, 3.8) is 0 Å². The minimum absolute atomic E-state index is 0.0907. The maximum absolute atomic E-state index is 12.8. The standard InChI is InChI=1S/C18H24NO/c1-13(2)12-19-9-7-18(8-10-19)11-16-14(3)5-4-6-15(16)17(18)20/h4-6H,7-12H2,1-3H3. The molecular weight excluding hydrogens is 246 g/mol. The Hall–Kier alpha value is -1.15. The summed E-state index contributed by atoms with van der Waals surface area (Å²) < 4.78 is 0. The molecule has 1 aromatic rings. The lowest BCUT2D eigenvalue weighted by Gasteiger charge is -2.38. The van der Waals surface area contributed by atoms with E-state index in [1.54, 1.807) is 0 Å². The van der Waals surface area contributed by atoms with E-state index in [0.717, 1.165) is 44.5 Å². The van der Waals surface area contributed by atoms with Crippen molar-refractivity contribution in [2.45, 2.75) is 40.0 Å². The second-order valence-corrected chi connectivity index (χ2v) is 6.87. The Balaban J connectivity index is 1.78. The van der Waals surface area contributed by atoms with Crippen LogP contribution in [0.1, 0.15) is 48.2 Å². The van der Waals surface area contributed by atoms with Crippen LogP contribution in [0.15, 0.2) is 18.2 Å². The number of Topliss-reactive ketones (excluding diaryl/α,β-unsaturated/α-hetero) is 1. The molecule has 1 heterocycles. The number of ketones is 1. The van der Waals surface area contributed by atoms with Gasteiger partial charge in [0.15, 0.2) is 5.78 Å². The molecule has 0 amide bonds. The Labute approximate surface area is 122 Å². The Morgan fingerprint density at radius 3 is 2.55 bits per heavy atom. The first-order chi connectivity index (χ1) is 9.52. The molecule has 20 heavy (non-hydrogen) atoms. The molecule has 3 rings (SSSR count). The van der Waals surface area contributed by atoms with Crippen LogP contribution >= 0.6 is 0 Å². The number of rotatable bonds is 2. The first-order valence-electron chi connectivity index (χ1n) is 7.66. The first-order valence-corrected chi connectivity index (χ1v) is 7.66. The largest absolute Gasteiger partial charge is 0.303 e. The summed E-state index contributed by atoms with van der Waals surface area (Å²) in [6.07, 6.45) is 3.01. The molecule has 0 N–H and O–H groups in total. The zero-order valence-corrected chi connectivity index (χ0v) is 12.8. The second-order valence-electron chi connectivity index (χ2n) is 6.87. The smallest absolute Gasteiger partial charge is 0.169 e. The molecule has 1 spiro atoms. The van der Waals surface area contributed by atoms with Gasteiger partial charge in [-0.3, -0.25) is 4.79 Å². The summed E-state index contributed by atoms with van der Waals surface area (Å²) in [5.74, 6) is 1.87. The van der Waals surface area contributed by atoms with Gasteiger partial charge in [0.05, 0.1) is 0 Å². The van der Waals surface area contributed by atoms with Gasteiger partial charge in [-0.25, -0.2) is 0 Å². The second kappa shape index (κ2) is 5.00. The van der Waals surface area contributed by atoms with E-state index in [-0.39, 0.29) is 5.41 Å². The fourth-order valence-electron chi connectivity index (χ4n) is 3.84. The van der Waals surface area contributed by atoms with Gasteiger partial charge < -0.3 is 4.90 Å². The van der Waals surface area contributed by atoms with Gasteiger partial charge >= 0.3 is 0 Å². The highest BCUT2D eigenvalue weighted by Gasteiger charge is 2.47. The number of nitrogens with zero attached hydrogens (tertiary/aromatic N) is 1. The lowest BCUT2D eigenvalue weighted by atomic mass is 9.75. The number of fused-ring (bicyclic) bond motifs is 1. The highest BCUT2D eigenvalue weighted by atomic mass is 16.1. The zero-order chi connectivity index (χ0) is 14.3. The quantitative estimate of drug-likeness (QED) is 0.820. The number of benzene rings is 1. The summed E-state index contributed by atoms with van der Waals surface area (Å²) in [5.41, 5.74) is 3.50. The maximum atomic E-state index is 12.8. The van der Waals surface area contributed by atoms with Crippen LogP contribution in [-0.4, -0.2) is 30.3 Å². The summed E-state index contributed by atoms with van der Waals surface area (Å²) in [4.78, 5) is 15.3. The summed E-state index contributed by atoms with van der Waals surface area (Å²) in [6.45, 7) is 9.70. The van der Waals surface area contributed by atoms with E-state index in [0.29, 0.717) is 5.78 Å². The lowest BCUT2D eigenvalue weighted by Crippen LogP contribution is -2.44. The van der Waals surface area contributed by atoms with E-state index in [2.05, 4.69) is 31.7 Å². The van der Waals surface area contributed by atoms with E-state index >= 15 is 0 Å². The minimum atomic E-state index is -0.0907. The normalized spacial score (nSPS) is 21.7. The molecule has 1 aliphatic heterocycles. The Kier molecular flexibility index (Phi) is 3.45. The van der Waals surface area contributed by atoms with Crippen molar-refractivity contribution in [3.8, 4) is 0 Å². The van der Waals surface area contributed by atoms with Gasteiger partial charge in [0.2, 0.25) is 0 Å². The van der Waals surface area contributed by atoms with Gasteiger partial charge in [-0.1, -0.05) is 32.0 Å². The third-order valence-electron chi connectivity index (χ3n) is 5.00. The molecule has 0 bridgehead atoms. The highest BCUT2D eigenvalue weighted by molar-refractivity contribution is 6.05. The Morgan fingerprint density at radius 1 is 1.25 bits per heavy atom. The van der Waals surface area contributed by atoms with Crippen LogP contribution in [-0.2, 0) is 6.42 Å². The van der Waals surface area contributed by atoms with Gasteiger partial charge in [0, 0.05) is 17.5 Å². The van der Waals surface area contributed by atoms with E-state index in [4.69, 9.17) is 0 Å². The molecule has 1 aliphatic carbocycles. The number of piperidine rings is 1. The third-order valence-corrected chi connectivity index (χ3v) is 5.00. The molecule has 2 aliphatic rings. The molecule has 107 valence electrons. The van der Waals surface area contributed by atoms with Crippen molar-refractivity contribution in [2.24, 2.45) is 5.41 Å². The molecule has 2 heteroatoms. The minimum Gasteiger partial charge on any atom is -0.303 e. The molecule has 1 radical (unpaired) electrons. The van der Waals surface area contributed by atoms with Crippen molar-refractivity contribution < 1.29 is 4.79 Å². The van der Waals surface area contributed by atoms with E-state index in [1.165, 1.54) is 17.0 Å². The SMILES string of the molecule is C[C](C)CN1CCC2(CC1)Cc1c(C)cccc1C2=O. The Bertz CT molecular complexity index is 524. The van der Waals surface area contributed by atoms with Gasteiger partial charge in [0.1, 0.15) is 0 Å². The van der Waals surface area contributed by atoms with Crippen molar-refractivity contribution in [3.05, 3.63) is 40.8 Å². The molecule has 0 atom stereocenters. The average Bonchev–Trinajstić information content (AvgIpc) is 2.68. The Morgan fingerprint density at radius 2 is 1.95 bits per heavy atom. The predicted octanol–water partition coefficient (Wildman–Crippen LogP) is 3.43. The first kappa shape index (κ1) is 13.8. The molecule has 0 aromatic heterocycles. The molecule has 2 nitrogen and oxygen atoms in total.